The highest BCUT2D eigenvalue weighted by molar-refractivity contribution is 5.98. The molecule has 3 aromatic carbocycles. The number of nitrogens with one attached hydrogen (secondary N) is 1. The SMILES string of the molecule is CNC(=O)C(Cc1ccccc1)N(C)C(=O)C(COCc1ccccc1)N(C)C(=O)c1cccc(CN)c1. The predicted octanol–water partition coefficient (Wildman–Crippen LogP) is 2.62. The average Bonchev–Trinajstić information content (AvgIpc) is 2.97. The van der Waals surface area contributed by atoms with E-state index in [1.54, 1.807) is 39.3 Å². The lowest BCUT2D eigenvalue weighted by molar-refractivity contribution is -0.143. The standard InChI is InChI=1S/C30H36N4O4/c1-32-28(35)26(18-22-11-6-4-7-12-22)33(2)30(37)27(21-38-20-23-13-8-5-9-14-23)34(3)29(36)25-16-10-15-24(17-25)19-31/h4-17,26-27H,18-21,31H2,1-3H3,(H,32,35). The summed E-state index contributed by atoms with van der Waals surface area (Å²) in [6, 6.07) is 24.4. The monoisotopic (exact) mass is 516 g/mol. The molecule has 0 heterocycles. The third kappa shape index (κ3) is 7.50. The number of hydrogen-bond donors (Lipinski definition) is 2. The zero-order chi connectivity index (χ0) is 27.5. The van der Waals surface area contributed by atoms with Crippen LogP contribution in [0.15, 0.2) is 84.9 Å². The van der Waals surface area contributed by atoms with Crippen LogP contribution < -0.4 is 11.1 Å². The summed E-state index contributed by atoms with van der Waals surface area (Å²) >= 11 is 0. The Labute approximate surface area is 224 Å². The first kappa shape index (κ1) is 28.6. The predicted molar refractivity (Wildman–Crippen MR) is 147 cm³/mol. The van der Waals surface area contributed by atoms with Gasteiger partial charge in [-0.2, -0.15) is 0 Å². The van der Waals surface area contributed by atoms with Crippen molar-refractivity contribution in [2.45, 2.75) is 31.7 Å². The van der Waals surface area contributed by atoms with Crippen molar-refractivity contribution in [2.24, 2.45) is 5.73 Å². The quantitative estimate of drug-likeness (QED) is 0.385. The van der Waals surface area contributed by atoms with E-state index in [0.29, 0.717) is 18.5 Å². The number of likely N-dealkylation sites (N-methyl/N-ethyl adjacent to an activating group) is 3. The van der Waals surface area contributed by atoms with Gasteiger partial charge >= 0.3 is 0 Å². The lowest BCUT2D eigenvalue weighted by Crippen LogP contribution is -2.56. The summed E-state index contributed by atoms with van der Waals surface area (Å²) < 4.78 is 5.93. The minimum Gasteiger partial charge on any atom is -0.374 e. The molecule has 0 aliphatic rings. The van der Waals surface area contributed by atoms with Gasteiger partial charge in [-0.15, -0.1) is 0 Å². The highest BCUT2D eigenvalue weighted by Crippen LogP contribution is 2.16. The van der Waals surface area contributed by atoms with E-state index < -0.39 is 18.0 Å². The van der Waals surface area contributed by atoms with Gasteiger partial charge in [-0.25, -0.2) is 0 Å². The first-order valence-corrected chi connectivity index (χ1v) is 12.6. The van der Waals surface area contributed by atoms with Crippen molar-refractivity contribution in [3.63, 3.8) is 0 Å². The third-order valence-corrected chi connectivity index (χ3v) is 6.51. The topological polar surface area (TPSA) is 105 Å². The van der Waals surface area contributed by atoms with Crippen LogP contribution in [-0.2, 0) is 33.9 Å². The van der Waals surface area contributed by atoms with Gasteiger partial charge in [-0.1, -0.05) is 72.8 Å². The number of carbonyl (C=O) groups excluding carboxylic acids is 3. The van der Waals surface area contributed by atoms with Gasteiger partial charge in [0.2, 0.25) is 11.8 Å². The van der Waals surface area contributed by atoms with Gasteiger partial charge in [0.1, 0.15) is 12.1 Å². The molecule has 3 rings (SSSR count). The van der Waals surface area contributed by atoms with Gasteiger partial charge in [0.15, 0.2) is 0 Å². The Kier molecular flexibility index (Phi) is 10.6. The van der Waals surface area contributed by atoms with Crippen molar-refractivity contribution in [3.05, 3.63) is 107 Å². The molecule has 0 aliphatic heterocycles. The van der Waals surface area contributed by atoms with Crippen molar-refractivity contribution < 1.29 is 19.1 Å². The Morgan fingerprint density at radius 2 is 1.42 bits per heavy atom. The molecule has 0 radical (unpaired) electrons. The van der Waals surface area contributed by atoms with E-state index >= 15 is 0 Å². The van der Waals surface area contributed by atoms with Gasteiger partial charge < -0.3 is 25.6 Å². The lowest BCUT2D eigenvalue weighted by atomic mass is 10.0. The van der Waals surface area contributed by atoms with Gasteiger partial charge in [-0.3, -0.25) is 14.4 Å². The molecule has 0 bridgehead atoms. The summed E-state index contributed by atoms with van der Waals surface area (Å²) in [5.41, 5.74) is 8.86. The van der Waals surface area contributed by atoms with Crippen LogP contribution in [0, 0.1) is 0 Å². The summed E-state index contributed by atoms with van der Waals surface area (Å²) in [6.07, 6.45) is 0.330. The maximum absolute atomic E-state index is 13.9. The minimum absolute atomic E-state index is 0.0390. The Hall–Kier alpha value is -4.01. The molecule has 0 fully saturated rings. The average molecular weight is 517 g/mol. The zero-order valence-corrected chi connectivity index (χ0v) is 22.2. The summed E-state index contributed by atoms with van der Waals surface area (Å²) in [5, 5.41) is 2.66. The number of benzene rings is 3. The van der Waals surface area contributed by atoms with E-state index in [1.807, 2.05) is 66.7 Å². The summed E-state index contributed by atoms with van der Waals surface area (Å²) in [7, 11) is 4.70. The Balaban J connectivity index is 1.86. The first-order valence-electron chi connectivity index (χ1n) is 12.6. The number of ether oxygens (including phenoxy) is 1. The number of rotatable bonds is 12. The van der Waals surface area contributed by atoms with E-state index in [2.05, 4.69) is 5.32 Å². The number of nitrogens with two attached hydrogens (primary N) is 1. The molecule has 200 valence electrons. The van der Waals surface area contributed by atoms with Crippen LogP contribution >= 0.6 is 0 Å². The highest BCUT2D eigenvalue weighted by atomic mass is 16.5. The second-order valence-electron chi connectivity index (χ2n) is 9.11. The molecule has 3 N–H and O–H groups in total. The zero-order valence-electron chi connectivity index (χ0n) is 22.2. The van der Waals surface area contributed by atoms with Gasteiger partial charge in [0.05, 0.1) is 13.2 Å². The van der Waals surface area contributed by atoms with Crippen molar-refractivity contribution in [3.8, 4) is 0 Å². The Morgan fingerprint density at radius 1 is 0.816 bits per heavy atom. The largest absolute Gasteiger partial charge is 0.374 e. The van der Waals surface area contributed by atoms with Gasteiger partial charge in [0, 0.05) is 39.7 Å². The smallest absolute Gasteiger partial charge is 0.254 e. The molecule has 8 nitrogen and oxygen atoms in total. The maximum Gasteiger partial charge on any atom is 0.254 e. The van der Waals surface area contributed by atoms with Crippen LogP contribution in [0.4, 0.5) is 0 Å². The Bertz CT molecular complexity index is 1200. The molecule has 2 unspecified atom stereocenters. The summed E-state index contributed by atoms with van der Waals surface area (Å²) in [4.78, 5) is 43.0. The minimum atomic E-state index is -0.958. The molecule has 0 aliphatic carbocycles. The molecule has 0 saturated heterocycles. The fourth-order valence-electron chi connectivity index (χ4n) is 4.19. The Morgan fingerprint density at radius 3 is 2.03 bits per heavy atom. The van der Waals surface area contributed by atoms with E-state index in [9.17, 15) is 14.4 Å². The van der Waals surface area contributed by atoms with Crippen LogP contribution in [0.2, 0.25) is 0 Å². The van der Waals surface area contributed by atoms with Crippen molar-refractivity contribution in [1.82, 2.24) is 15.1 Å². The van der Waals surface area contributed by atoms with Crippen LogP contribution in [0.1, 0.15) is 27.0 Å². The molecule has 8 heteroatoms. The van der Waals surface area contributed by atoms with Crippen molar-refractivity contribution in [1.29, 1.82) is 0 Å². The second kappa shape index (κ2) is 14.1. The highest BCUT2D eigenvalue weighted by Gasteiger charge is 2.35. The molecule has 3 aromatic rings. The van der Waals surface area contributed by atoms with Crippen LogP contribution in [0.25, 0.3) is 0 Å². The summed E-state index contributed by atoms with van der Waals surface area (Å²) in [5.74, 6) is -1.03. The molecule has 2 atom stereocenters. The lowest BCUT2D eigenvalue weighted by Gasteiger charge is -2.34. The van der Waals surface area contributed by atoms with Crippen LogP contribution in [0.5, 0.6) is 0 Å². The van der Waals surface area contributed by atoms with E-state index in [4.69, 9.17) is 10.5 Å². The first-order chi connectivity index (χ1) is 18.3. The van der Waals surface area contributed by atoms with Crippen molar-refractivity contribution in [2.75, 3.05) is 27.7 Å². The van der Waals surface area contributed by atoms with Crippen molar-refractivity contribution >= 4 is 17.7 Å². The fraction of sp³-hybridized carbons (Fsp3) is 0.300. The van der Waals surface area contributed by atoms with Gasteiger partial charge in [-0.05, 0) is 28.8 Å². The van der Waals surface area contributed by atoms with Crippen LogP contribution in [0.3, 0.4) is 0 Å². The fourth-order valence-corrected chi connectivity index (χ4v) is 4.19. The molecule has 0 aromatic heterocycles. The number of carbonyl (C=O) groups is 3. The molecule has 0 spiro atoms. The van der Waals surface area contributed by atoms with E-state index in [-0.39, 0.29) is 25.0 Å². The molecular formula is C30H36N4O4. The molecule has 0 saturated carbocycles. The van der Waals surface area contributed by atoms with Crippen LogP contribution in [-0.4, -0.2) is 67.4 Å². The second-order valence-corrected chi connectivity index (χ2v) is 9.11. The normalized spacial score (nSPS) is 12.3. The number of nitrogens with zero attached hydrogens (tertiary/aromatic N) is 2. The van der Waals surface area contributed by atoms with Gasteiger partial charge in [0.25, 0.3) is 5.91 Å². The molecule has 3 amide bonds. The van der Waals surface area contributed by atoms with E-state index in [1.165, 1.54) is 9.80 Å². The molecular weight excluding hydrogens is 480 g/mol. The number of hydrogen-bond acceptors (Lipinski definition) is 5. The van der Waals surface area contributed by atoms with E-state index in [0.717, 1.165) is 16.7 Å². The maximum atomic E-state index is 13.9. The molecule has 38 heavy (non-hydrogen) atoms. The number of amides is 3. The third-order valence-electron chi connectivity index (χ3n) is 6.51. The summed E-state index contributed by atoms with van der Waals surface area (Å²) in [6.45, 7) is 0.536.